The van der Waals surface area contributed by atoms with Gasteiger partial charge in [0.2, 0.25) is 5.89 Å². The highest BCUT2D eigenvalue weighted by Crippen LogP contribution is 2.04. The third kappa shape index (κ3) is 2.45. The van der Waals surface area contributed by atoms with Crippen LogP contribution in [0.25, 0.3) is 0 Å². The molecular formula is C5H10ClN3O2. The van der Waals surface area contributed by atoms with Gasteiger partial charge in [-0.15, -0.1) is 12.4 Å². The molecule has 0 bridgehead atoms. The normalized spacial score (nSPS) is 12.3. The number of nitrogens with zero attached hydrogens (tertiary/aromatic N) is 2. The first-order valence-electron chi connectivity index (χ1n) is 2.90. The highest BCUT2D eigenvalue weighted by Gasteiger charge is 2.10. The van der Waals surface area contributed by atoms with E-state index < -0.39 is 6.04 Å². The van der Waals surface area contributed by atoms with Crippen molar-refractivity contribution in [1.29, 1.82) is 0 Å². The smallest absolute Gasteiger partial charge is 0.245 e. The molecule has 0 fully saturated rings. The van der Waals surface area contributed by atoms with Crippen LogP contribution in [0.15, 0.2) is 4.52 Å². The van der Waals surface area contributed by atoms with Crippen LogP contribution < -0.4 is 5.73 Å². The predicted molar refractivity (Wildman–Crippen MR) is 40.3 cm³/mol. The van der Waals surface area contributed by atoms with E-state index in [1.54, 1.807) is 6.92 Å². The summed E-state index contributed by atoms with van der Waals surface area (Å²) in [5.74, 6) is 0.805. The lowest BCUT2D eigenvalue weighted by Gasteiger charge is -1.97. The summed E-state index contributed by atoms with van der Waals surface area (Å²) in [6, 6.07) is -0.554. The topological polar surface area (TPSA) is 85.2 Å². The number of hydrogen-bond acceptors (Lipinski definition) is 5. The van der Waals surface area contributed by atoms with Crippen LogP contribution in [-0.2, 0) is 0 Å². The summed E-state index contributed by atoms with van der Waals surface area (Å²) in [6.07, 6.45) is 0. The van der Waals surface area contributed by atoms with Gasteiger partial charge in [0.05, 0.1) is 6.61 Å². The summed E-state index contributed by atoms with van der Waals surface area (Å²) in [5.41, 5.74) is 5.36. The van der Waals surface area contributed by atoms with E-state index in [0.717, 1.165) is 0 Å². The van der Waals surface area contributed by atoms with E-state index in [2.05, 4.69) is 14.7 Å². The molecule has 0 radical (unpaired) electrons. The van der Waals surface area contributed by atoms with Crippen LogP contribution in [0.1, 0.15) is 17.8 Å². The van der Waals surface area contributed by atoms with Crippen molar-refractivity contribution in [3.05, 3.63) is 11.7 Å². The van der Waals surface area contributed by atoms with Crippen LogP contribution in [0.4, 0.5) is 0 Å². The second-order valence-electron chi connectivity index (χ2n) is 1.97. The van der Waals surface area contributed by atoms with Crippen molar-refractivity contribution in [2.75, 3.05) is 6.61 Å². The quantitative estimate of drug-likeness (QED) is 0.657. The Hall–Kier alpha value is -0.650. The average Bonchev–Trinajstić information content (AvgIpc) is 2.34. The number of aliphatic hydroxyl groups excluding tert-OH is 1. The molecule has 0 saturated carbocycles. The molecule has 0 saturated heterocycles. The number of aromatic nitrogens is 2. The molecule has 1 aromatic rings. The summed E-state index contributed by atoms with van der Waals surface area (Å²) in [7, 11) is 0. The number of aryl methyl sites for hydroxylation is 1. The van der Waals surface area contributed by atoms with Crippen molar-refractivity contribution in [2.24, 2.45) is 5.73 Å². The molecule has 0 amide bonds. The summed E-state index contributed by atoms with van der Waals surface area (Å²) in [5, 5.41) is 12.1. The van der Waals surface area contributed by atoms with Gasteiger partial charge < -0.3 is 15.4 Å². The molecule has 3 N–H and O–H groups in total. The maximum absolute atomic E-state index is 8.54. The van der Waals surface area contributed by atoms with Crippen LogP contribution in [0.2, 0.25) is 0 Å². The molecule has 0 aliphatic carbocycles. The van der Waals surface area contributed by atoms with E-state index in [9.17, 15) is 0 Å². The largest absolute Gasteiger partial charge is 0.394 e. The monoisotopic (exact) mass is 179 g/mol. The molecule has 6 heteroatoms. The van der Waals surface area contributed by atoms with E-state index >= 15 is 0 Å². The highest BCUT2D eigenvalue weighted by atomic mass is 35.5. The van der Waals surface area contributed by atoms with Gasteiger partial charge in [0.25, 0.3) is 0 Å². The van der Waals surface area contributed by atoms with Crippen LogP contribution in [0.3, 0.4) is 0 Å². The van der Waals surface area contributed by atoms with Gasteiger partial charge in [-0.05, 0) is 6.92 Å². The van der Waals surface area contributed by atoms with Crippen molar-refractivity contribution in [3.8, 4) is 0 Å². The predicted octanol–water partition coefficient (Wildman–Crippen LogP) is -0.208. The first-order chi connectivity index (χ1) is 4.74. The highest BCUT2D eigenvalue weighted by molar-refractivity contribution is 5.85. The van der Waals surface area contributed by atoms with Gasteiger partial charge in [-0.1, -0.05) is 5.16 Å². The fourth-order valence-corrected chi connectivity index (χ4v) is 0.542. The third-order valence-electron chi connectivity index (χ3n) is 1.06. The van der Waals surface area contributed by atoms with Crippen molar-refractivity contribution in [2.45, 2.75) is 13.0 Å². The fraction of sp³-hybridized carbons (Fsp3) is 0.600. The van der Waals surface area contributed by atoms with Gasteiger partial charge >= 0.3 is 0 Å². The number of rotatable bonds is 2. The first kappa shape index (κ1) is 10.3. The van der Waals surface area contributed by atoms with Gasteiger partial charge in [0, 0.05) is 0 Å². The minimum absolute atomic E-state index is 0. The fourth-order valence-electron chi connectivity index (χ4n) is 0.542. The average molecular weight is 180 g/mol. The molecule has 0 aromatic carbocycles. The molecule has 1 rings (SSSR count). The van der Waals surface area contributed by atoms with E-state index in [0.29, 0.717) is 5.82 Å². The Morgan fingerprint density at radius 1 is 1.73 bits per heavy atom. The number of nitrogens with two attached hydrogens (primary N) is 1. The molecule has 64 valence electrons. The Kier molecular flexibility index (Phi) is 4.02. The Balaban J connectivity index is 0.000001000. The second kappa shape index (κ2) is 4.27. The number of hydrogen-bond donors (Lipinski definition) is 2. The molecule has 0 aliphatic rings. The first-order valence-corrected chi connectivity index (χ1v) is 2.90. The van der Waals surface area contributed by atoms with Gasteiger partial charge in [-0.25, -0.2) is 0 Å². The standard InChI is InChI=1S/C5H9N3O2.ClH/c1-3-7-5(10-8-3)4(6)2-9;/h4,9H,2,6H2,1H3;1H/t4-;/m0./s1. The Bertz CT molecular complexity index is 215. The van der Waals surface area contributed by atoms with E-state index in [1.165, 1.54) is 0 Å². The Labute approximate surface area is 70.0 Å². The molecule has 0 spiro atoms. The van der Waals surface area contributed by atoms with Gasteiger partial charge in [0.1, 0.15) is 6.04 Å². The second-order valence-corrected chi connectivity index (χ2v) is 1.97. The van der Waals surface area contributed by atoms with Gasteiger partial charge in [0.15, 0.2) is 5.82 Å². The molecule has 1 aromatic heterocycles. The van der Waals surface area contributed by atoms with Crippen LogP contribution >= 0.6 is 12.4 Å². The minimum atomic E-state index is -0.554. The minimum Gasteiger partial charge on any atom is -0.394 e. The molecule has 11 heavy (non-hydrogen) atoms. The lowest BCUT2D eigenvalue weighted by Crippen LogP contribution is -2.14. The summed E-state index contributed by atoms with van der Waals surface area (Å²) in [6.45, 7) is 1.51. The lowest BCUT2D eigenvalue weighted by molar-refractivity contribution is 0.236. The van der Waals surface area contributed by atoms with Gasteiger partial charge in [-0.3, -0.25) is 0 Å². The molecule has 5 nitrogen and oxygen atoms in total. The van der Waals surface area contributed by atoms with Gasteiger partial charge in [-0.2, -0.15) is 4.98 Å². The van der Waals surface area contributed by atoms with Crippen LogP contribution in [0.5, 0.6) is 0 Å². The molecule has 1 heterocycles. The lowest BCUT2D eigenvalue weighted by atomic mass is 10.3. The van der Waals surface area contributed by atoms with E-state index in [1.807, 2.05) is 0 Å². The SMILES string of the molecule is Cc1noc([C@@H](N)CO)n1.Cl. The number of aliphatic hydroxyl groups is 1. The zero-order chi connectivity index (χ0) is 7.56. The maximum atomic E-state index is 8.54. The summed E-state index contributed by atoms with van der Waals surface area (Å²) >= 11 is 0. The third-order valence-corrected chi connectivity index (χ3v) is 1.06. The maximum Gasteiger partial charge on any atom is 0.245 e. The van der Waals surface area contributed by atoms with Crippen LogP contribution in [-0.4, -0.2) is 21.9 Å². The summed E-state index contributed by atoms with van der Waals surface area (Å²) < 4.78 is 4.67. The molecular weight excluding hydrogens is 170 g/mol. The summed E-state index contributed by atoms with van der Waals surface area (Å²) in [4.78, 5) is 3.82. The zero-order valence-corrected chi connectivity index (χ0v) is 6.84. The van der Waals surface area contributed by atoms with Crippen LogP contribution in [0, 0.1) is 6.92 Å². The Morgan fingerprint density at radius 2 is 2.36 bits per heavy atom. The molecule has 0 aliphatic heterocycles. The van der Waals surface area contributed by atoms with Crippen molar-refractivity contribution >= 4 is 12.4 Å². The Morgan fingerprint density at radius 3 is 2.73 bits per heavy atom. The van der Waals surface area contributed by atoms with Crippen molar-refractivity contribution < 1.29 is 9.63 Å². The van der Waals surface area contributed by atoms with E-state index in [-0.39, 0.29) is 24.9 Å². The molecule has 1 atom stereocenters. The van der Waals surface area contributed by atoms with E-state index in [4.69, 9.17) is 10.8 Å². The van der Waals surface area contributed by atoms with Crippen molar-refractivity contribution in [1.82, 2.24) is 10.1 Å². The number of halogens is 1. The van der Waals surface area contributed by atoms with Crippen molar-refractivity contribution in [3.63, 3.8) is 0 Å². The zero-order valence-electron chi connectivity index (χ0n) is 6.02. The molecule has 0 unspecified atom stereocenters.